The quantitative estimate of drug-likeness (QED) is 0.547. The van der Waals surface area contributed by atoms with E-state index in [4.69, 9.17) is 27.9 Å². The normalized spacial score (nSPS) is 10.9. The van der Waals surface area contributed by atoms with Crippen molar-refractivity contribution in [3.8, 4) is 17.1 Å². The minimum Gasteiger partial charge on any atom is -0.489 e. The van der Waals surface area contributed by atoms with Crippen LogP contribution in [-0.2, 0) is 6.54 Å². The van der Waals surface area contributed by atoms with Crippen molar-refractivity contribution in [1.82, 2.24) is 15.0 Å². The minimum absolute atomic E-state index is 0.0652. The summed E-state index contributed by atoms with van der Waals surface area (Å²) in [5.74, 6) is 1.27. The predicted molar refractivity (Wildman–Crippen MR) is 110 cm³/mol. The smallest absolute Gasteiger partial charge is 0.159 e. The van der Waals surface area contributed by atoms with Crippen LogP contribution < -0.4 is 10.1 Å². The molecule has 0 unspecified atom stereocenters. The zero-order chi connectivity index (χ0) is 19.4. The van der Waals surface area contributed by atoms with Gasteiger partial charge in [0, 0.05) is 41.4 Å². The molecule has 1 N–H and O–H groups in total. The second-order valence-corrected chi connectivity index (χ2v) is 7.19. The molecule has 0 saturated carbocycles. The fourth-order valence-corrected chi connectivity index (χ4v) is 2.99. The van der Waals surface area contributed by atoms with E-state index in [0.717, 1.165) is 22.5 Å². The number of benzene rings is 1. The van der Waals surface area contributed by atoms with Gasteiger partial charge < -0.3 is 10.1 Å². The van der Waals surface area contributed by atoms with Gasteiger partial charge in [0.25, 0.3) is 0 Å². The zero-order valence-corrected chi connectivity index (χ0v) is 16.8. The highest BCUT2D eigenvalue weighted by Gasteiger charge is 2.08. The fourth-order valence-electron chi connectivity index (χ4n) is 2.52. The lowest BCUT2D eigenvalue weighted by molar-refractivity contribution is 0.242. The van der Waals surface area contributed by atoms with Crippen LogP contribution in [0.2, 0.25) is 10.2 Å². The summed E-state index contributed by atoms with van der Waals surface area (Å²) in [6.07, 6.45) is 3.64. The van der Waals surface area contributed by atoms with Gasteiger partial charge in [0.2, 0.25) is 0 Å². The average molecular weight is 403 g/mol. The number of anilines is 1. The number of hydrogen-bond acceptors (Lipinski definition) is 5. The zero-order valence-electron chi connectivity index (χ0n) is 15.3. The highest BCUT2D eigenvalue weighted by atomic mass is 35.5. The van der Waals surface area contributed by atoms with Gasteiger partial charge in [-0.2, -0.15) is 0 Å². The van der Waals surface area contributed by atoms with Crippen LogP contribution in [0.3, 0.4) is 0 Å². The molecule has 3 aromatic rings. The molecule has 0 bridgehead atoms. The van der Waals surface area contributed by atoms with E-state index in [9.17, 15) is 0 Å². The largest absolute Gasteiger partial charge is 0.489 e. The Labute approximate surface area is 168 Å². The van der Waals surface area contributed by atoms with Crippen LogP contribution in [0.1, 0.15) is 25.1 Å². The summed E-state index contributed by atoms with van der Waals surface area (Å²) in [6, 6.07) is 9.27. The molecule has 140 valence electrons. The molecule has 3 rings (SSSR count). The molecule has 2 heterocycles. The van der Waals surface area contributed by atoms with Crippen molar-refractivity contribution in [1.29, 1.82) is 0 Å². The molecule has 0 aliphatic heterocycles. The van der Waals surface area contributed by atoms with Crippen LogP contribution in [0.25, 0.3) is 11.4 Å². The second-order valence-electron chi connectivity index (χ2n) is 6.40. The van der Waals surface area contributed by atoms with E-state index in [0.29, 0.717) is 28.3 Å². The summed E-state index contributed by atoms with van der Waals surface area (Å²) in [7, 11) is 0. The van der Waals surface area contributed by atoms with E-state index in [1.54, 1.807) is 18.5 Å². The number of ether oxygens (including phenoxy) is 1. The maximum atomic E-state index is 6.29. The third kappa shape index (κ3) is 5.31. The third-order valence-corrected chi connectivity index (χ3v) is 4.17. The first kappa shape index (κ1) is 19.4. The molecule has 0 atom stereocenters. The van der Waals surface area contributed by atoms with Gasteiger partial charge in [0.15, 0.2) is 5.82 Å². The van der Waals surface area contributed by atoms with Crippen molar-refractivity contribution < 1.29 is 4.74 Å². The molecule has 1 aromatic carbocycles. The van der Waals surface area contributed by atoms with E-state index in [2.05, 4.69) is 20.3 Å². The standard InChI is InChI=1S/C20H20Cl2N4O/c1-12(2)27-18-5-4-15(7-17(18)21)20-24-10-14(11-25-20)9-23-16-6-13(3)26-19(22)8-16/h4-8,10-12H,9H2,1-3H3,(H,23,26). The van der Waals surface area contributed by atoms with Crippen molar-refractivity contribution >= 4 is 28.9 Å². The molecule has 0 saturated heterocycles. The summed E-state index contributed by atoms with van der Waals surface area (Å²) in [5, 5.41) is 4.30. The molecule has 7 heteroatoms. The monoisotopic (exact) mass is 402 g/mol. The summed E-state index contributed by atoms with van der Waals surface area (Å²) in [5.41, 5.74) is 3.56. The summed E-state index contributed by atoms with van der Waals surface area (Å²) >= 11 is 12.3. The molecule has 0 fully saturated rings. The summed E-state index contributed by atoms with van der Waals surface area (Å²) in [4.78, 5) is 13.0. The summed E-state index contributed by atoms with van der Waals surface area (Å²) in [6.45, 7) is 6.40. The number of aromatic nitrogens is 3. The lowest BCUT2D eigenvalue weighted by atomic mass is 10.2. The van der Waals surface area contributed by atoms with Gasteiger partial charge in [0.05, 0.1) is 11.1 Å². The molecule has 5 nitrogen and oxygen atoms in total. The van der Waals surface area contributed by atoms with E-state index in [-0.39, 0.29) is 6.10 Å². The first-order chi connectivity index (χ1) is 12.9. The predicted octanol–water partition coefficient (Wildman–Crippen LogP) is 5.55. The molecule has 0 spiro atoms. The molecule has 27 heavy (non-hydrogen) atoms. The van der Waals surface area contributed by atoms with Gasteiger partial charge in [-0.15, -0.1) is 0 Å². The Morgan fingerprint density at radius 2 is 1.81 bits per heavy atom. The van der Waals surface area contributed by atoms with Crippen molar-refractivity contribution in [2.75, 3.05) is 5.32 Å². The van der Waals surface area contributed by atoms with Gasteiger partial charge >= 0.3 is 0 Å². The molecule has 0 aliphatic carbocycles. The summed E-state index contributed by atoms with van der Waals surface area (Å²) < 4.78 is 5.65. The number of nitrogens with one attached hydrogen (secondary N) is 1. The number of hydrogen-bond donors (Lipinski definition) is 1. The fraction of sp³-hybridized carbons (Fsp3) is 0.250. The number of rotatable bonds is 6. The molecule has 0 radical (unpaired) electrons. The molecule has 0 amide bonds. The lowest BCUT2D eigenvalue weighted by Crippen LogP contribution is -2.06. The van der Waals surface area contributed by atoms with E-state index in [1.807, 2.05) is 45.0 Å². The Bertz CT molecular complexity index is 910. The van der Waals surface area contributed by atoms with Gasteiger partial charge in [0.1, 0.15) is 10.9 Å². The number of nitrogens with zero attached hydrogens (tertiary/aromatic N) is 3. The third-order valence-electron chi connectivity index (χ3n) is 3.68. The molecular formula is C20H20Cl2N4O. The highest BCUT2D eigenvalue weighted by molar-refractivity contribution is 6.32. The topological polar surface area (TPSA) is 59.9 Å². The van der Waals surface area contributed by atoms with Crippen LogP contribution in [-0.4, -0.2) is 21.1 Å². The van der Waals surface area contributed by atoms with E-state index in [1.165, 1.54) is 0 Å². The highest BCUT2D eigenvalue weighted by Crippen LogP contribution is 2.29. The first-order valence-electron chi connectivity index (χ1n) is 8.56. The van der Waals surface area contributed by atoms with E-state index < -0.39 is 0 Å². The number of halogens is 2. The van der Waals surface area contributed by atoms with Gasteiger partial charge in [-0.05, 0) is 51.1 Å². The number of aryl methyl sites for hydroxylation is 1. The maximum Gasteiger partial charge on any atom is 0.159 e. The van der Waals surface area contributed by atoms with Gasteiger partial charge in [-0.1, -0.05) is 23.2 Å². The molecule has 0 aliphatic rings. The molecule has 2 aromatic heterocycles. The Balaban J connectivity index is 1.69. The van der Waals surface area contributed by atoms with Crippen molar-refractivity contribution in [3.63, 3.8) is 0 Å². The Morgan fingerprint density at radius 3 is 2.44 bits per heavy atom. The lowest BCUT2D eigenvalue weighted by Gasteiger charge is -2.12. The van der Waals surface area contributed by atoms with Crippen LogP contribution in [0.4, 0.5) is 5.69 Å². The van der Waals surface area contributed by atoms with Gasteiger partial charge in [-0.25, -0.2) is 15.0 Å². The average Bonchev–Trinajstić information content (AvgIpc) is 2.61. The first-order valence-corrected chi connectivity index (χ1v) is 9.32. The van der Waals surface area contributed by atoms with Crippen molar-refractivity contribution in [3.05, 3.63) is 64.2 Å². The number of pyridine rings is 1. The second kappa shape index (κ2) is 8.55. The van der Waals surface area contributed by atoms with Crippen LogP contribution in [0.5, 0.6) is 5.75 Å². The minimum atomic E-state index is 0.0652. The maximum absolute atomic E-state index is 6.29. The van der Waals surface area contributed by atoms with Crippen LogP contribution >= 0.6 is 23.2 Å². The Kier molecular flexibility index (Phi) is 6.14. The van der Waals surface area contributed by atoms with Crippen LogP contribution in [0.15, 0.2) is 42.7 Å². The van der Waals surface area contributed by atoms with Gasteiger partial charge in [-0.3, -0.25) is 0 Å². The van der Waals surface area contributed by atoms with E-state index >= 15 is 0 Å². The Hall–Kier alpha value is -2.37. The van der Waals surface area contributed by atoms with Crippen LogP contribution in [0, 0.1) is 6.92 Å². The van der Waals surface area contributed by atoms with Crippen molar-refractivity contribution in [2.24, 2.45) is 0 Å². The SMILES string of the molecule is Cc1cc(NCc2cnc(-c3ccc(OC(C)C)c(Cl)c3)nc2)cc(Cl)n1. The Morgan fingerprint density at radius 1 is 1.07 bits per heavy atom. The van der Waals surface area contributed by atoms with Crippen molar-refractivity contribution in [2.45, 2.75) is 33.4 Å². The molecular weight excluding hydrogens is 383 g/mol.